The van der Waals surface area contributed by atoms with Crippen molar-refractivity contribution in [3.05, 3.63) is 28.5 Å². The third-order valence-electron chi connectivity index (χ3n) is 3.12. The molecule has 4 nitrogen and oxygen atoms in total. The summed E-state index contributed by atoms with van der Waals surface area (Å²) in [6.07, 6.45) is -0.340. The van der Waals surface area contributed by atoms with Gasteiger partial charge in [-0.25, -0.2) is 9.18 Å². The molecule has 18 heavy (non-hydrogen) atoms. The first-order valence-electron chi connectivity index (χ1n) is 5.53. The average molecular weight is 274 g/mol. The van der Waals surface area contributed by atoms with Crippen LogP contribution in [0.2, 0.25) is 5.02 Å². The van der Waals surface area contributed by atoms with Crippen molar-refractivity contribution in [1.82, 2.24) is 5.32 Å². The van der Waals surface area contributed by atoms with Crippen molar-refractivity contribution < 1.29 is 19.0 Å². The van der Waals surface area contributed by atoms with Crippen LogP contribution in [-0.2, 0) is 0 Å². The van der Waals surface area contributed by atoms with Crippen LogP contribution in [0.15, 0.2) is 12.1 Å². The van der Waals surface area contributed by atoms with E-state index in [9.17, 15) is 9.18 Å². The summed E-state index contributed by atoms with van der Waals surface area (Å²) in [5.74, 6) is 0.0482. The maximum atomic E-state index is 14.0. The minimum Gasteiger partial charge on any atom is -0.496 e. The summed E-state index contributed by atoms with van der Waals surface area (Å²) in [6, 6.07) is 3.08. The second-order valence-corrected chi connectivity index (χ2v) is 4.67. The van der Waals surface area contributed by atoms with Crippen molar-refractivity contribution in [1.29, 1.82) is 0 Å². The van der Waals surface area contributed by atoms with Gasteiger partial charge in [-0.2, -0.15) is 0 Å². The Morgan fingerprint density at radius 1 is 1.67 bits per heavy atom. The lowest BCUT2D eigenvalue weighted by Gasteiger charge is -2.10. The highest BCUT2D eigenvalue weighted by atomic mass is 35.5. The molecule has 0 heterocycles. The number of benzene rings is 1. The molecule has 0 spiro atoms. The summed E-state index contributed by atoms with van der Waals surface area (Å²) in [6.45, 7) is 0.315. The zero-order valence-corrected chi connectivity index (χ0v) is 10.5. The SMILES string of the molecule is COc1ccc(Cl)c(F)c1C1CC1CNC(=O)O. The van der Waals surface area contributed by atoms with E-state index in [2.05, 4.69) is 5.32 Å². The summed E-state index contributed by atoms with van der Waals surface area (Å²) in [7, 11) is 1.47. The maximum Gasteiger partial charge on any atom is 0.404 e. The van der Waals surface area contributed by atoms with E-state index >= 15 is 0 Å². The number of hydrogen-bond donors (Lipinski definition) is 2. The van der Waals surface area contributed by atoms with Crippen LogP contribution < -0.4 is 10.1 Å². The highest BCUT2D eigenvalue weighted by Gasteiger charge is 2.42. The molecule has 1 saturated carbocycles. The first-order chi connectivity index (χ1) is 8.54. The molecule has 1 amide bonds. The van der Waals surface area contributed by atoms with Gasteiger partial charge in [0, 0.05) is 12.1 Å². The first kappa shape index (κ1) is 13.0. The van der Waals surface area contributed by atoms with Crippen LogP contribution >= 0.6 is 11.6 Å². The van der Waals surface area contributed by atoms with Crippen molar-refractivity contribution in [2.24, 2.45) is 5.92 Å². The number of nitrogens with one attached hydrogen (secondary N) is 1. The van der Waals surface area contributed by atoms with Crippen molar-refractivity contribution in [3.8, 4) is 5.75 Å². The average Bonchev–Trinajstić information content (AvgIpc) is 3.09. The molecular formula is C12H13ClFNO3. The van der Waals surface area contributed by atoms with Crippen LogP contribution in [0.3, 0.4) is 0 Å². The van der Waals surface area contributed by atoms with Gasteiger partial charge in [0.25, 0.3) is 0 Å². The summed E-state index contributed by atoms with van der Waals surface area (Å²) >= 11 is 5.75. The second-order valence-electron chi connectivity index (χ2n) is 4.27. The van der Waals surface area contributed by atoms with Gasteiger partial charge >= 0.3 is 6.09 Å². The van der Waals surface area contributed by atoms with E-state index in [1.54, 1.807) is 6.07 Å². The molecule has 2 atom stereocenters. The predicted octanol–water partition coefficient (Wildman–Crippen LogP) is 2.86. The van der Waals surface area contributed by atoms with E-state index in [1.165, 1.54) is 13.2 Å². The summed E-state index contributed by atoms with van der Waals surface area (Å²) in [5, 5.41) is 10.9. The largest absolute Gasteiger partial charge is 0.496 e. The third-order valence-corrected chi connectivity index (χ3v) is 3.41. The Labute approximate surface area is 109 Å². The minimum absolute atomic E-state index is 0.0366. The number of amides is 1. The van der Waals surface area contributed by atoms with Gasteiger partial charge in [0.05, 0.1) is 12.1 Å². The fraction of sp³-hybridized carbons (Fsp3) is 0.417. The van der Waals surface area contributed by atoms with Crippen LogP contribution in [-0.4, -0.2) is 24.9 Å². The van der Waals surface area contributed by atoms with Crippen molar-refractivity contribution in [2.45, 2.75) is 12.3 Å². The van der Waals surface area contributed by atoms with Crippen LogP contribution in [0, 0.1) is 11.7 Å². The Morgan fingerprint density at radius 2 is 2.39 bits per heavy atom. The molecule has 0 saturated heterocycles. The van der Waals surface area contributed by atoms with E-state index in [0.717, 1.165) is 6.42 Å². The fourth-order valence-electron chi connectivity index (χ4n) is 2.12. The standard InChI is InChI=1S/C12H13ClFNO3/c1-18-9-3-2-8(13)11(14)10(9)7-4-6(7)5-15-12(16)17/h2-3,6-7,15H,4-5H2,1H3,(H,16,17). The van der Waals surface area contributed by atoms with Gasteiger partial charge in [-0.05, 0) is 30.4 Å². The molecule has 2 unspecified atom stereocenters. The number of carbonyl (C=O) groups is 1. The molecule has 0 aromatic heterocycles. The highest BCUT2D eigenvalue weighted by molar-refractivity contribution is 6.30. The Kier molecular flexibility index (Phi) is 3.61. The van der Waals surface area contributed by atoms with E-state index in [4.69, 9.17) is 21.4 Å². The Balaban J connectivity index is 2.15. The molecule has 1 aliphatic carbocycles. The number of methoxy groups -OCH3 is 1. The Hall–Kier alpha value is -1.49. The van der Waals surface area contributed by atoms with Gasteiger partial charge in [0.2, 0.25) is 0 Å². The van der Waals surface area contributed by atoms with Crippen molar-refractivity contribution in [2.75, 3.05) is 13.7 Å². The number of rotatable bonds is 4. The zero-order valence-electron chi connectivity index (χ0n) is 9.74. The molecule has 1 aliphatic rings. The smallest absolute Gasteiger partial charge is 0.404 e. The van der Waals surface area contributed by atoms with Gasteiger partial charge in [0.15, 0.2) is 0 Å². The van der Waals surface area contributed by atoms with Gasteiger partial charge in [0.1, 0.15) is 11.6 Å². The molecule has 6 heteroatoms. The number of carboxylic acid groups (broad SMARTS) is 1. The van der Waals surface area contributed by atoms with E-state index in [-0.39, 0.29) is 16.9 Å². The summed E-state index contributed by atoms with van der Waals surface area (Å²) in [4.78, 5) is 10.4. The van der Waals surface area contributed by atoms with Gasteiger partial charge in [-0.15, -0.1) is 0 Å². The van der Waals surface area contributed by atoms with Crippen LogP contribution in [0.1, 0.15) is 17.9 Å². The van der Waals surface area contributed by atoms with E-state index in [1.807, 2.05) is 0 Å². The normalized spacial score (nSPS) is 21.5. The number of hydrogen-bond acceptors (Lipinski definition) is 2. The molecule has 1 aromatic carbocycles. The van der Waals surface area contributed by atoms with Crippen molar-refractivity contribution >= 4 is 17.7 Å². The molecule has 0 aliphatic heterocycles. The Morgan fingerprint density at radius 3 is 3.00 bits per heavy atom. The lowest BCUT2D eigenvalue weighted by Crippen LogP contribution is -2.23. The summed E-state index contributed by atoms with van der Waals surface area (Å²) < 4.78 is 19.1. The molecule has 0 bridgehead atoms. The Bertz CT molecular complexity index is 481. The second kappa shape index (κ2) is 5.02. The van der Waals surface area contributed by atoms with Crippen molar-refractivity contribution in [3.63, 3.8) is 0 Å². The topological polar surface area (TPSA) is 58.6 Å². The van der Waals surface area contributed by atoms with Crippen LogP contribution in [0.4, 0.5) is 9.18 Å². The molecule has 2 N–H and O–H groups in total. The fourth-order valence-corrected chi connectivity index (χ4v) is 2.28. The number of ether oxygens (including phenoxy) is 1. The molecule has 1 fully saturated rings. The van der Waals surface area contributed by atoms with Crippen LogP contribution in [0.25, 0.3) is 0 Å². The lowest BCUT2D eigenvalue weighted by atomic mass is 10.1. The third kappa shape index (κ3) is 2.51. The molecular weight excluding hydrogens is 261 g/mol. The molecule has 2 rings (SSSR count). The highest BCUT2D eigenvalue weighted by Crippen LogP contribution is 2.51. The molecule has 0 radical (unpaired) electrons. The van der Waals surface area contributed by atoms with Gasteiger partial charge in [-0.3, -0.25) is 0 Å². The number of halogens is 2. The van der Waals surface area contributed by atoms with Gasteiger partial charge in [-0.1, -0.05) is 11.6 Å². The quantitative estimate of drug-likeness (QED) is 0.887. The van der Waals surface area contributed by atoms with Crippen LogP contribution in [0.5, 0.6) is 5.75 Å². The molecule has 98 valence electrons. The zero-order chi connectivity index (χ0) is 13.3. The van der Waals surface area contributed by atoms with E-state index in [0.29, 0.717) is 17.9 Å². The summed E-state index contributed by atoms with van der Waals surface area (Å²) in [5.41, 5.74) is 0.446. The van der Waals surface area contributed by atoms with Gasteiger partial charge < -0.3 is 15.2 Å². The monoisotopic (exact) mass is 273 g/mol. The molecule has 1 aromatic rings. The predicted molar refractivity (Wildman–Crippen MR) is 64.8 cm³/mol. The maximum absolute atomic E-state index is 14.0. The van der Waals surface area contributed by atoms with E-state index < -0.39 is 11.9 Å². The minimum atomic E-state index is -1.07. The first-order valence-corrected chi connectivity index (χ1v) is 5.91. The lowest BCUT2D eigenvalue weighted by molar-refractivity contribution is 0.194.